The molecule has 0 amide bonds. The quantitative estimate of drug-likeness (QED) is 0.443. The molecule has 0 fully saturated rings. The summed E-state index contributed by atoms with van der Waals surface area (Å²) >= 11 is 5.44. The third kappa shape index (κ3) is 5.44. The van der Waals surface area contributed by atoms with E-state index in [0.717, 1.165) is 15.4 Å². The second-order valence-electron chi connectivity index (χ2n) is 8.44. The average Bonchev–Trinajstić information content (AvgIpc) is 3.06. The van der Waals surface area contributed by atoms with E-state index in [1.165, 1.54) is 20.2 Å². The Balaban J connectivity index is 2.11. The van der Waals surface area contributed by atoms with Crippen LogP contribution >= 0.6 is 11.8 Å². The van der Waals surface area contributed by atoms with Gasteiger partial charge in [-0.2, -0.15) is 0 Å². The van der Waals surface area contributed by atoms with Crippen LogP contribution in [0.15, 0.2) is 59.4 Å². The lowest BCUT2D eigenvalue weighted by Gasteiger charge is -2.23. The first-order valence-corrected chi connectivity index (χ1v) is 12.2. The molecule has 0 aliphatic carbocycles. The summed E-state index contributed by atoms with van der Waals surface area (Å²) in [6.07, 6.45) is 3.38. The molecule has 3 aromatic rings. The van der Waals surface area contributed by atoms with Gasteiger partial charge in [0.05, 0.1) is 33.8 Å². The number of nitrogens with one attached hydrogen (secondary N) is 1. The largest absolute Gasteiger partial charge is 0.384 e. The Bertz CT molecular complexity index is 1260. The topological polar surface area (TPSA) is 87.5 Å². The molecule has 0 spiro atoms. The summed E-state index contributed by atoms with van der Waals surface area (Å²) in [6.45, 7) is 3.38. The second kappa shape index (κ2) is 9.90. The van der Waals surface area contributed by atoms with Crippen LogP contribution < -0.4 is 4.84 Å². The molecule has 2 heterocycles. The van der Waals surface area contributed by atoms with E-state index in [1.54, 1.807) is 54.9 Å². The monoisotopic (exact) mass is 494 g/mol. The third-order valence-electron chi connectivity index (χ3n) is 5.29. The van der Waals surface area contributed by atoms with Crippen molar-refractivity contribution in [3.05, 3.63) is 71.3 Å². The normalized spacial score (nSPS) is 13.3. The first-order valence-electron chi connectivity index (χ1n) is 10.3. The molecular formula is C23H28ClFN4O3S. The molecule has 0 aliphatic heterocycles. The Morgan fingerprint density at radius 2 is 1.94 bits per heavy atom. The van der Waals surface area contributed by atoms with Crippen LogP contribution in [0, 0.1) is 0 Å². The lowest BCUT2D eigenvalue weighted by Crippen LogP contribution is -2.23. The number of nitrogens with zero attached hydrogens (tertiary/aromatic N) is 3. The molecule has 178 valence electrons. The van der Waals surface area contributed by atoms with Gasteiger partial charge in [-0.15, -0.1) is 0 Å². The third-order valence-corrected chi connectivity index (χ3v) is 7.27. The maximum atomic E-state index is 14.6. The van der Waals surface area contributed by atoms with Crippen molar-refractivity contribution in [1.29, 1.82) is 0 Å². The minimum Gasteiger partial charge on any atom is -0.384 e. The van der Waals surface area contributed by atoms with E-state index in [1.807, 2.05) is 6.07 Å². The summed E-state index contributed by atoms with van der Waals surface area (Å²) in [5.74, 6) is -0.404. The standard InChI is InChI=1S/C23H28ClFN4O3S/c1-23(2,30)22-19(14-16-7-9-18(10-8-16)33(31,32)28(3)4)21-20(6-5-12-26-21)29(22)15-17(25)11-13-27-24/h5-12,27,30H,13-15H2,1-4H3/b17-11-. The maximum Gasteiger partial charge on any atom is 0.242 e. The fourth-order valence-corrected chi connectivity index (χ4v) is 4.81. The molecule has 0 radical (unpaired) electrons. The van der Waals surface area contributed by atoms with E-state index in [0.29, 0.717) is 23.1 Å². The number of halogens is 2. The summed E-state index contributed by atoms with van der Waals surface area (Å²) in [4.78, 5) is 7.07. The molecule has 0 unspecified atom stereocenters. The highest BCUT2D eigenvalue weighted by Gasteiger charge is 2.29. The fraction of sp³-hybridized carbons (Fsp3) is 0.348. The summed E-state index contributed by atoms with van der Waals surface area (Å²) < 4.78 is 42.2. The molecule has 7 nitrogen and oxygen atoms in total. The van der Waals surface area contributed by atoms with Gasteiger partial charge < -0.3 is 9.67 Å². The van der Waals surface area contributed by atoms with Gasteiger partial charge in [-0.25, -0.2) is 21.9 Å². The molecule has 1 aromatic carbocycles. The van der Waals surface area contributed by atoms with E-state index < -0.39 is 21.5 Å². The van der Waals surface area contributed by atoms with Crippen molar-refractivity contribution in [3.63, 3.8) is 0 Å². The predicted molar refractivity (Wildman–Crippen MR) is 128 cm³/mol. The Kier molecular flexibility index (Phi) is 7.60. The van der Waals surface area contributed by atoms with Gasteiger partial charge in [0, 0.05) is 38.8 Å². The van der Waals surface area contributed by atoms with Gasteiger partial charge in [0.2, 0.25) is 10.0 Å². The molecule has 0 saturated carbocycles. The van der Waals surface area contributed by atoms with Gasteiger partial charge >= 0.3 is 0 Å². The van der Waals surface area contributed by atoms with Crippen LogP contribution in [0.25, 0.3) is 11.0 Å². The van der Waals surface area contributed by atoms with Crippen molar-refractivity contribution in [1.82, 2.24) is 18.7 Å². The van der Waals surface area contributed by atoms with Crippen molar-refractivity contribution in [2.75, 3.05) is 20.6 Å². The zero-order valence-electron chi connectivity index (χ0n) is 19.0. The van der Waals surface area contributed by atoms with Gasteiger partial charge in [-0.05, 0) is 61.5 Å². The highest BCUT2D eigenvalue weighted by molar-refractivity contribution is 7.89. The van der Waals surface area contributed by atoms with E-state index in [-0.39, 0.29) is 18.0 Å². The van der Waals surface area contributed by atoms with E-state index in [2.05, 4.69) is 9.82 Å². The van der Waals surface area contributed by atoms with Crippen LogP contribution in [0.4, 0.5) is 4.39 Å². The number of pyridine rings is 1. The van der Waals surface area contributed by atoms with Crippen molar-refractivity contribution in [2.45, 2.75) is 37.3 Å². The van der Waals surface area contributed by atoms with Crippen LogP contribution in [0.5, 0.6) is 0 Å². The minimum absolute atomic E-state index is 0.0832. The predicted octanol–water partition coefficient (Wildman–Crippen LogP) is 3.70. The fourth-order valence-electron chi connectivity index (χ4n) is 3.83. The van der Waals surface area contributed by atoms with Crippen molar-refractivity contribution >= 4 is 32.8 Å². The number of aliphatic hydroxyl groups is 1. The Morgan fingerprint density at radius 3 is 2.52 bits per heavy atom. The second-order valence-corrected chi connectivity index (χ2v) is 10.9. The number of benzene rings is 1. The smallest absolute Gasteiger partial charge is 0.242 e. The summed E-state index contributed by atoms with van der Waals surface area (Å²) in [5, 5.41) is 11.0. The van der Waals surface area contributed by atoms with Gasteiger partial charge in [0.15, 0.2) is 0 Å². The molecule has 10 heteroatoms. The molecule has 33 heavy (non-hydrogen) atoms. The number of fused-ring (bicyclic) bond motifs is 1. The van der Waals surface area contributed by atoms with Crippen LogP contribution in [0.1, 0.15) is 30.7 Å². The van der Waals surface area contributed by atoms with E-state index in [9.17, 15) is 17.9 Å². The lowest BCUT2D eigenvalue weighted by molar-refractivity contribution is 0.0694. The lowest BCUT2D eigenvalue weighted by atomic mass is 9.96. The summed E-state index contributed by atoms with van der Waals surface area (Å²) in [7, 11) is -0.571. The number of sulfonamides is 1. The highest BCUT2D eigenvalue weighted by atomic mass is 35.5. The average molecular weight is 495 g/mol. The zero-order valence-corrected chi connectivity index (χ0v) is 20.6. The molecule has 2 aromatic heterocycles. The molecule has 0 aliphatic rings. The van der Waals surface area contributed by atoms with Gasteiger partial charge in [0.1, 0.15) is 5.83 Å². The van der Waals surface area contributed by atoms with Crippen molar-refractivity contribution in [2.24, 2.45) is 0 Å². The number of aromatic nitrogens is 2. The molecule has 0 saturated heterocycles. The van der Waals surface area contributed by atoms with Gasteiger partial charge in [0.25, 0.3) is 0 Å². The van der Waals surface area contributed by atoms with Crippen LogP contribution in [0.3, 0.4) is 0 Å². The molecule has 0 bridgehead atoms. The first-order chi connectivity index (χ1) is 15.5. The van der Waals surface area contributed by atoms with Crippen molar-refractivity contribution in [3.8, 4) is 0 Å². The van der Waals surface area contributed by atoms with Gasteiger partial charge in [-0.1, -0.05) is 12.1 Å². The number of hydrogen-bond acceptors (Lipinski definition) is 5. The number of rotatable bonds is 9. The van der Waals surface area contributed by atoms with Gasteiger partial charge in [-0.3, -0.25) is 4.98 Å². The molecule has 0 atom stereocenters. The van der Waals surface area contributed by atoms with Crippen molar-refractivity contribution < 1.29 is 17.9 Å². The van der Waals surface area contributed by atoms with E-state index in [4.69, 9.17) is 11.8 Å². The first kappa shape index (κ1) is 25.3. The molecule has 3 rings (SSSR count). The number of allylic oxidation sites excluding steroid dienone is 1. The van der Waals surface area contributed by atoms with E-state index >= 15 is 0 Å². The Morgan fingerprint density at radius 1 is 1.27 bits per heavy atom. The maximum absolute atomic E-state index is 14.6. The molecular weight excluding hydrogens is 467 g/mol. The number of hydrogen-bond donors (Lipinski definition) is 2. The Hall–Kier alpha value is -2.30. The van der Waals surface area contributed by atoms with Crippen LogP contribution in [-0.2, 0) is 28.6 Å². The Labute approximate surface area is 198 Å². The van der Waals surface area contributed by atoms with Crippen LogP contribution in [-0.4, -0.2) is 48.0 Å². The molecule has 2 N–H and O–H groups in total. The zero-order chi connectivity index (χ0) is 24.4. The minimum atomic E-state index is -3.54. The SMILES string of the molecule is CN(C)S(=O)(=O)c1ccc(Cc2c(C(C)(C)O)n(C/C(F)=C/CNCl)c3cccnc23)cc1. The summed E-state index contributed by atoms with van der Waals surface area (Å²) in [5.41, 5.74) is 2.20. The van der Waals surface area contributed by atoms with Crippen LogP contribution in [0.2, 0.25) is 0 Å². The highest BCUT2D eigenvalue weighted by Crippen LogP contribution is 2.35. The summed E-state index contributed by atoms with van der Waals surface area (Å²) in [6, 6.07) is 10.2.